The van der Waals surface area contributed by atoms with Crippen LogP contribution in [0.1, 0.15) is 72.6 Å². The van der Waals surface area contributed by atoms with Crippen molar-refractivity contribution in [1.29, 1.82) is 0 Å². The third-order valence-corrected chi connectivity index (χ3v) is 9.08. The van der Waals surface area contributed by atoms with Gasteiger partial charge in [0, 0.05) is 19.6 Å². The summed E-state index contributed by atoms with van der Waals surface area (Å²) in [6.45, 7) is 17.4. The van der Waals surface area contributed by atoms with Crippen molar-refractivity contribution in [3.63, 3.8) is 0 Å². The van der Waals surface area contributed by atoms with E-state index in [9.17, 15) is 10.2 Å². The zero-order valence-electron chi connectivity index (χ0n) is 20.8. The van der Waals surface area contributed by atoms with E-state index in [-0.39, 0.29) is 5.60 Å². The Morgan fingerprint density at radius 2 is 1.88 bits per heavy atom. The molecule has 0 amide bonds. The number of fused-ring (bicyclic) bond motifs is 1. The predicted octanol–water partition coefficient (Wildman–Crippen LogP) is 4.87. The normalized spacial score (nSPS) is 40.4. The van der Waals surface area contributed by atoms with Crippen LogP contribution in [-0.2, 0) is 4.74 Å². The number of nitrogens with zero attached hydrogens (tertiary/aromatic N) is 1. The number of hydrogen-bond donors (Lipinski definition) is 2. The molecule has 1 saturated heterocycles. The molecule has 1 heterocycles. The van der Waals surface area contributed by atoms with Crippen molar-refractivity contribution >= 4 is 0 Å². The topological polar surface area (TPSA) is 52.9 Å². The van der Waals surface area contributed by atoms with Gasteiger partial charge < -0.3 is 14.9 Å². The smallest absolute Gasteiger partial charge is 0.0809 e. The van der Waals surface area contributed by atoms with Crippen LogP contribution in [0.3, 0.4) is 0 Å². The molecule has 4 fully saturated rings. The molecule has 0 aromatic rings. The molecule has 0 aromatic heterocycles. The molecule has 3 saturated carbocycles. The van der Waals surface area contributed by atoms with Crippen LogP contribution in [0.15, 0.2) is 35.5 Å². The third-order valence-electron chi connectivity index (χ3n) is 9.08. The predicted molar refractivity (Wildman–Crippen MR) is 130 cm³/mol. The van der Waals surface area contributed by atoms with Gasteiger partial charge in [0.2, 0.25) is 0 Å². The molecule has 0 bridgehead atoms. The number of ether oxygens (including phenoxy) is 1. The highest BCUT2D eigenvalue weighted by molar-refractivity contribution is 5.29. The lowest BCUT2D eigenvalue weighted by Crippen LogP contribution is -2.50. The minimum absolute atomic E-state index is 0.0268. The van der Waals surface area contributed by atoms with E-state index in [1.807, 2.05) is 0 Å². The minimum Gasteiger partial charge on any atom is -0.388 e. The molecule has 4 aliphatic rings. The van der Waals surface area contributed by atoms with E-state index >= 15 is 0 Å². The van der Waals surface area contributed by atoms with Crippen molar-refractivity contribution in [1.82, 2.24) is 4.90 Å². The second-order valence-electron chi connectivity index (χ2n) is 12.0. The lowest BCUT2D eigenvalue weighted by Gasteiger charge is -2.46. The van der Waals surface area contributed by atoms with Crippen molar-refractivity contribution in [2.75, 3.05) is 26.2 Å². The van der Waals surface area contributed by atoms with Gasteiger partial charge in [-0.05, 0) is 87.5 Å². The number of hydrogen-bond acceptors (Lipinski definition) is 4. The number of morpholine rings is 1. The number of rotatable bonds is 4. The average Bonchev–Trinajstić information content (AvgIpc) is 3.07. The van der Waals surface area contributed by atoms with Gasteiger partial charge >= 0.3 is 0 Å². The molecule has 0 aromatic carbocycles. The SMILES string of the molecule is C=C1[C@H](O)CC(=C/C=C2\CCC[C@]3(C)[C@@H](C(C)CN4CCOC(C)(C)C4)CC[C@@H]23)C[C@H]1O. The van der Waals surface area contributed by atoms with Crippen LogP contribution >= 0.6 is 0 Å². The van der Waals surface area contributed by atoms with Gasteiger partial charge in [0.15, 0.2) is 0 Å². The van der Waals surface area contributed by atoms with Crippen LogP contribution in [0.4, 0.5) is 0 Å². The van der Waals surface area contributed by atoms with E-state index in [1.165, 1.54) is 38.6 Å². The Balaban J connectivity index is 1.44. The maximum absolute atomic E-state index is 10.2. The largest absolute Gasteiger partial charge is 0.388 e. The molecule has 6 atom stereocenters. The lowest BCUT2D eigenvalue weighted by molar-refractivity contribution is -0.0917. The van der Waals surface area contributed by atoms with Gasteiger partial charge in [-0.2, -0.15) is 0 Å². The Labute approximate surface area is 195 Å². The fourth-order valence-corrected chi connectivity index (χ4v) is 7.44. The number of allylic oxidation sites excluding steroid dienone is 3. The summed E-state index contributed by atoms with van der Waals surface area (Å²) >= 11 is 0. The van der Waals surface area contributed by atoms with E-state index in [0.29, 0.717) is 35.7 Å². The monoisotopic (exact) mass is 443 g/mol. The lowest BCUT2D eigenvalue weighted by atomic mass is 9.61. The first-order valence-electron chi connectivity index (χ1n) is 12.9. The van der Waals surface area contributed by atoms with Gasteiger partial charge in [-0.15, -0.1) is 0 Å². The standard InChI is InChI=1S/C28H45NO3/c1-19(17-29-13-14-32-27(3,4)18-29)23-10-11-24-22(7-6-12-28(23,24)5)9-8-21-15-25(30)20(2)26(31)16-21/h8-9,19,23-26,30-31H,2,6-7,10-18H2,1,3-5H3/b22-9+/t19?,23-,24+,25-,26-,28-/m1/s1. The first-order chi connectivity index (χ1) is 15.1. The van der Waals surface area contributed by atoms with Gasteiger partial charge in [-0.3, -0.25) is 4.90 Å². The highest BCUT2D eigenvalue weighted by Crippen LogP contribution is 2.59. The molecule has 3 aliphatic carbocycles. The van der Waals surface area contributed by atoms with Gasteiger partial charge in [-0.25, -0.2) is 0 Å². The highest BCUT2D eigenvalue weighted by Gasteiger charge is 2.50. The zero-order valence-corrected chi connectivity index (χ0v) is 20.8. The van der Waals surface area contributed by atoms with Crippen molar-refractivity contribution in [2.24, 2.45) is 23.2 Å². The van der Waals surface area contributed by atoms with E-state index in [4.69, 9.17) is 4.74 Å². The Bertz CT molecular complexity index is 753. The molecule has 4 nitrogen and oxygen atoms in total. The van der Waals surface area contributed by atoms with Crippen LogP contribution in [0, 0.1) is 23.2 Å². The van der Waals surface area contributed by atoms with Crippen molar-refractivity contribution < 1.29 is 14.9 Å². The second-order valence-corrected chi connectivity index (χ2v) is 12.0. The van der Waals surface area contributed by atoms with Crippen LogP contribution in [0.5, 0.6) is 0 Å². The minimum atomic E-state index is -0.609. The molecule has 0 radical (unpaired) electrons. The van der Waals surface area contributed by atoms with Crippen molar-refractivity contribution in [3.8, 4) is 0 Å². The summed E-state index contributed by atoms with van der Waals surface area (Å²) in [6.07, 6.45) is 11.0. The maximum Gasteiger partial charge on any atom is 0.0809 e. The van der Waals surface area contributed by atoms with Gasteiger partial charge in [0.25, 0.3) is 0 Å². The first-order valence-corrected chi connectivity index (χ1v) is 12.9. The summed E-state index contributed by atoms with van der Waals surface area (Å²) < 4.78 is 5.93. The molecule has 1 aliphatic heterocycles. The fourth-order valence-electron chi connectivity index (χ4n) is 7.44. The highest BCUT2D eigenvalue weighted by atomic mass is 16.5. The molecule has 2 N–H and O–H groups in total. The molecule has 180 valence electrons. The Hall–Kier alpha value is -0.940. The van der Waals surface area contributed by atoms with Crippen LogP contribution in [-0.4, -0.2) is 59.2 Å². The Morgan fingerprint density at radius 1 is 1.16 bits per heavy atom. The summed E-state index contributed by atoms with van der Waals surface area (Å²) in [6, 6.07) is 0. The van der Waals surface area contributed by atoms with Gasteiger partial charge in [0.1, 0.15) is 0 Å². The third kappa shape index (κ3) is 4.94. The van der Waals surface area contributed by atoms with E-state index in [1.54, 1.807) is 5.57 Å². The van der Waals surface area contributed by atoms with Gasteiger partial charge in [0.05, 0.1) is 24.4 Å². The molecule has 0 spiro atoms. The van der Waals surface area contributed by atoms with Crippen molar-refractivity contribution in [2.45, 2.75) is 90.4 Å². The summed E-state index contributed by atoms with van der Waals surface area (Å²) in [5, 5.41) is 20.4. The van der Waals surface area contributed by atoms with Crippen LogP contribution < -0.4 is 0 Å². The summed E-state index contributed by atoms with van der Waals surface area (Å²) in [7, 11) is 0. The van der Waals surface area contributed by atoms with Gasteiger partial charge in [-0.1, -0.05) is 43.7 Å². The summed E-state index contributed by atoms with van der Waals surface area (Å²) in [5.41, 5.74) is 3.68. The second kappa shape index (κ2) is 9.37. The zero-order chi connectivity index (χ0) is 23.1. The molecule has 4 rings (SSSR count). The number of aliphatic hydroxyl groups excluding tert-OH is 2. The van der Waals surface area contributed by atoms with E-state index < -0.39 is 12.2 Å². The Morgan fingerprint density at radius 3 is 2.56 bits per heavy atom. The summed E-state index contributed by atoms with van der Waals surface area (Å²) in [5.74, 6) is 2.15. The molecular weight excluding hydrogens is 398 g/mol. The first kappa shape index (κ1) is 24.2. The maximum atomic E-state index is 10.2. The van der Waals surface area contributed by atoms with Crippen LogP contribution in [0.2, 0.25) is 0 Å². The van der Waals surface area contributed by atoms with E-state index in [0.717, 1.165) is 31.2 Å². The molecule has 1 unspecified atom stereocenters. The average molecular weight is 444 g/mol. The van der Waals surface area contributed by atoms with Crippen molar-refractivity contribution in [3.05, 3.63) is 35.5 Å². The molecular formula is C28H45NO3. The summed E-state index contributed by atoms with van der Waals surface area (Å²) in [4.78, 5) is 2.63. The van der Waals surface area contributed by atoms with E-state index in [2.05, 4.69) is 51.3 Å². The number of aliphatic hydroxyl groups is 2. The quantitative estimate of drug-likeness (QED) is 0.609. The molecule has 32 heavy (non-hydrogen) atoms. The Kier molecular flexibility index (Phi) is 7.08. The van der Waals surface area contributed by atoms with Crippen LogP contribution in [0.25, 0.3) is 0 Å². The molecule has 4 heteroatoms. The fraction of sp³-hybridized carbons (Fsp3) is 0.786.